The molecule has 2 unspecified atom stereocenters. The lowest BCUT2D eigenvalue weighted by Gasteiger charge is -2.48. The van der Waals surface area contributed by atoms with Crippen molar-refractivity contribution in [2.75, 3.05) is 7.05 Å². The highest BCUT2D eigenvalue weighted by molar-refractivity contribution is 5.68. The predicted molar refractivity (Wildman–Crippen MR) is 84.0 cm³/mol. The summed E-state index contributed by atoms with van der Waals surface area (Å²) in [5, 5.41) is 9.34. The van der Waals surface area contributed by atoms with Gasteiger partial charge in [-0.2, -0.15) is 0 Å². The minimum absolute atomic E-state index is 0.0990. The Morgan fingerprint density at radius 3 is 2.25 bits per heavy atom. The molecule has 0 heterocycles. The number of rotatable bonds is 8. The Balaban J connectivity index is 2.84. The van der Waals surface area contributed by atoms with Crippen LogP contribution in [0, 0.1) is 5.92 Å². The van der Waals surface area contributed by atoms with Crippen molar-refractivity contribution in [1.82, 2.24) is 4.90 Å². The molecular formula is C17H33NO2. The van der Waals surface area contributed by atoms with E-state index in [1.165, 1.54) is 32.1 Å². The fourth-order valence-electron chi connectivity index (χ4n) is 3.76. The number of aliphatic carboxylic acids is 1. The van der Waals surface area contributed by atoms with Crippen molar-refractivity contribution in [3.8, 4) is 0 Å². The molecule has 118 valence electrons. The summed E-state index contributed by atoms with van der Waals surface area (Å²) >= 11 is 0. The van der Waals surface area contributed by atoms with E-state index >= 15 is 0 Å². The van der Waals surface area contributed by atoms with E-state index in [4.69, 9.17) is 0 Å². The van der Waals surface area contributed by atoms with Gasteiger partial charge in [0.2, 0.25) is 0 Å². The molecule has 1 saturated carbocycles. The van der Waals surface area contributed by atoms with E-state index in [2.05, 4.69) is 32.7 Å². The molecule has 0 bridgehead atoms. The summed E-state index contributed by atoms with van der Waals surface area (Å²) in [4.78, 5) is 13.8. The molecule has 0 aromatic carbocycles. The van der Waals surface area contributed by atoms with Gasteiger partial charge >= 0.3 is 5.97 Å². The van der Waals surface area contributed by atoms with Gasteiger partial charge in [-0.1, -0.05) is 46.5 Å². The molecule has 20 heavy (non-hydrogen) atoms. The summed E-state index contributed by atoms with van der Waals surface area (Å²) in [6.07, 6.45) is 9.52. The molecule has 0 aromatic rings. The summed E-state index contributed by atoms with van der Waals surface area (Å²) in [5.41, 5.74) is -0.0990. The van der Waals surface area contributed by atoms with Gasteiger partial charge in [0.15, 0.2) is 0 Å². The van der Waals surface area contributed by atoms with Crippen molar-refractivity contribution in [2.45, 2.75) is 90.1 Å². The zero-order valence-corrected chi connectivity index (χ0v) is 13.8. The Hall–Kier alpha value is -0.570. The maximum Gasteiger partial charge on any atom is 0.305 e. The molecule has 0 spiro atoms. The quantitative estimate of drug-likeness (QED) is 0.721. The van der Waals surface area contributed by atoms with Gasteiger partial charge in [-0.3, -0.25) is 9.69 Å². The minimum atomic E-state index is -0.642. The molecule has 0 aromatic heterocycles. The van der Waals surface area contributed by atoms with Gasteiger partial charge in [-0.25, -0.2) is 0 Å². The minimum Gasteiger partial charge on any atom is -0.481 e. The number of nitrogens with zero attached hydrogens (tertiary/aromatic N) is 1. The number of hydrogen-bond acceptors (Lipinski definition) is 2. The molecule has 2 atom stereocenters. The van der Waals surface area contributed by atoms with Crippen LogP contribution in [0.3, 0.4) is 0 Å². The molecule has 1 fully saturated rings. The fourth-order valence-corrected chi connectivity index (χ4v) is 3.76. The van der Waals surface area contributed by atoms with Gasteiger partial charge in [0.1, 0.15) is 0 Å². The Bertz CT molecular complexity index is 297. The molecule has 3 heteroatoms. The third-order valence-electron chi connectivity index (χ3n) is 5.40. The van der Waals surface area contributed by atoms with Crippen molar-refractivity contribution in [2.24, 2.45) is 5.92 Å². The van der Waals surface area contributed by atoms with E-state index in [0.717, 1.165) is 19.3 Å². The van der Waals surface area contributed by atoms with E-state index in [9.17, 15) is 9.90 Å². The summed E-state index contributed by atoms with van der Waals surface area (Å²) in [5.74, 6) is 0.0741. The molecule has 1 rings (SSSR count). The van der Waals surface area contributed by atoms with Crippen molar-refractivity contribution in [3.05, 3.63) is 0 Å². The first kappa shape index (κ1) is 17.5. The summed E-state index contributed by atoms with van der Waals surface area (Å²) in [7, 11) is 2.17. The first-order valence-corrected chi connectivity index (χ1v) is 8.40. The second kappa shape index (κ2) is 8.02. The van der Waals surface area contributed by atoms with Crippen molar-refractivity contribution >= 4 is 5.97 Å². The Morgan fingerprint density at radius 2 is 1.80 bits per heavy atom. The number of carboxylic acid groups (broad SMARTS) is 1. The standard InChI is InChI=1S/C17H33NO2/c1-5-14(3)12-15(6-2)18(4)17(13-16(19)20)10-8-7-9-11-17/h14-15H,5-13H2,1-4H3,(H,19,20). The Kier molecular flexibility index (Phi) is 7.01. The second-order valence-corrected chi connectivity index (χ2v) is 6.78. The largest absolute Gasteiger partial charge is 0.481 e. The topological polar surface area (TPSA) is 40.5 Å². The van der Waals surface area contributed by atoms with Crippen LogP contribution in [0.5, 0.6) is 0 Å². The van der Waals surface area contributed by atoms with Crippen LogP contribution in [-0.4, -0.2) is 34.6 Å². The molecular weight excluding hydrogens is 250 g/mol. The zero-order valence-electron chi connectivity index (χ0n) is 13.8. The lowest BCUT2D eigenvalue weighted by Crippen LogP contribution is -2.54. The molecule has 0 radical (unpaired) electrons. The molecule has 0 aliphatic heterocycles. The maximum absolute atomic E-state index is 11.3. The highest BCUT2D eigenvalue weighted by Gasteiger charge is 2.40. The lowest BCUT2D eigenvalue weighted by molar-refractivity contribution is -0.141. The third-order valence-corrected chi connectivity index (χ3v) is 5.40. The van der Waals surface area contributed by atoms with Crippen molar-refractivity contribution in [3.63, 3.8) is 0 Å². The summed E-state index contributed by atoms with van der Waals surface area (Å²) in [6.45, 7) is 6.78. The molecule has 0 saturated heterocycles. The summed E-state index contributed by atoms with van der Waals surface area (Å²) in [6, 6.07) is 0.516. The van der Waals surface area contributed by atoms with Gasteiger partial charge in [-0.15, -0.1) is 0 Å². The van der Waals surface area contributed by atoms with Crippen molar-refractivity contribution in [1.29, 1.82) is 0 Å². The third kappa shape index (κ3) is 4.47. The van der Waals surface area contributed by atoms with Crippen LogP contribution in [0.25, 0.3) is 0 Å². The average Bonchev–Trinajstić information content (AvgIpc) is 2.43. The van der Waals surface area contributed by atoms with Gasteiger partial charge in [0.25, 0.3) is 0 Å². The highest BCUT2D eigenvalue weighted by Crippen LogP contribution is 2.38. The highest BCUT2D eigenvalue weighted by atomic mass is 16.4. The Labute approximate surface area is 124 Å². The number of hydrogen-bond donors (Lipinski definition) is 1. The van der Waals surface area contributed by atoms with Crippen LogP contribution in [0.4, 0.5) is 0 Å². The normalized spacial score (nSPS) is 21.6. The van der Waals surface area contributed by atoms with Gasteiger partial charge < -0.3 is 5.11 Å². The maximum atomic E-state index is 11.3. The van der Waals surface area contributed by atoms with E-state index in [1.807, 2.05) is 0 Å². The molecule has 0 amide bonds. The van der Waals surface area contributed by atoms with Gasteiger partial charge in [0, 0.05) is 11.6 Å². The first-order chi connectivity index (χ1) is 9.45. The van der Waals surface area contributed by atoms with Crippen LogP contribution in [0.2, 0.25) is 0 Å². The van der Waals surface area contributed by atoms with Crippen LogP contribution in [-0.2, 0) is 4.79 Å². The number of carboxylic acids is 1. The molecule has 1 aliphatic carbocycles. The van der Waals surface area contributed by atoms with Crippen LogP contribution in [0.1, 0.15) is 78.6 Å². The molecule has 1 N–H and O–H groups in total. The zero-order chi connectivity index (χ0) is 15.2. The van der Waals surface area contributed by atoms with E-state index in [-0.39, 0.29) is 5.54 Å². The van der Waals surface area contributed by atoms with Crippen molar-refractivity contribution < 1.29 is 9.90 Å². The van der Waals surface area contributed by atoms with E-state index in [0.29, 0.717) is 18.4 Å². The predicted octanol–water partition coefficient (Wildman–Crippen LogP) is 4.31. The summed E-state index contributed by atoms with van der Waals surface area (Å²) < 4.78 is 0. The smallest absolute Gasteiger partial charge is 0.305 e. The van der Waals surface area contributed by atoms with E-state index < -0.39 is 5.97 Å². The second-order valence-electron chi connectivity index (χ2n) is 6.78. The van der Waals surface area contributed by atoms with Gasteiger partial charge in [-0.05, 0) is 38.6 Å². The van der Waals surface area contributed by atoms with Crippen LogP contribution in [0.15, 0.2) is 0 Å². The lowest BCUT2D eigenvalue weighted by atomic mass is 9.76. The molecule has 3 nitrogen and oxygen atoms in total. The SMILES string of the molecule is CCC(C)CC(CC)N(C)C1(CC(=O)O)CCCCC1. The fraction of sp³-hybridized carbons (Fsp3) is 0.941. The monoisotopic (exact) mass is 283 g/mol. The molecule has 1 aliphatic rings. The number of carbonyl (C=O) groups is 1. The van der Waals surface area contributed by atoms with Crippen LogP contribution >= 0.6 is 0 Å². The van der Waals surface area contributed by atoms with Gasteiger partial charge in [0.05, 0.1) is 6.42 Å². The van der Waals surface area contributed by atoms with Crippen LogP contribution < -0.4 is 0 Å². The average molecular weight is 283 g/mol. The van der Waals surface area contributed by atoms with E-state index in [1.54, 1.807) is 0 Å². The Morgan fingerprint density at radius 1 is 1.20 bits per heavy atom. The first-order valence-electron chi connectivity index (χ1n) is 8.40.